The van der Waals surface area contributed by atoms with Crippen LogP contribution in [0.2, 0.25) is 0 Å². The van der Waals surface area contributed by atoms with Gasteiger partial charge < -0.3 is 4.74 Å². The van der Waals surface area contributed by atoms with E-state index in [4.69, 9.17) is 4.74 Å². The summed E-state index contributed by atoms with van der Waals surface area (Å²) in [4.78, 5) is 0. The van der Waals surface area contributed by atoms with Crippen LogP contribution in [0.25, 0.3) is 0 Å². The molecule has 4 rings (SSSR count). The van der Waals surface area contributed by atoms with Gasteiger partial charge in [0.15, 0.2) is 0 Å². The van der Waals surface area contributed by atoms with E-state index in [0.717, 1.165) is 36.7 Å². The molecule has 1 heteroatoms. The molecule has 1 aromatic rings. The fourth-order valence-electron chi connectivity index (χ4n) is 4.50. The lowest BCUT2D eigenvalue weighted by atomic mass is 9.58. The largest absolute Gasteiger partial charge is 0.501 e. The van der Waals surface area contributed by atoms with Crippen LogP contribution in [0.3, 0.4) is 0 Å². The number of ether oxygens (including phenoxy) is 1. The molecule has 1 fully saturated rings. The molecule has 0 aromatic heterocycles. The van der Waals surface area contributed by atoms with Crippen molar-refractivity contribution in [3.05, 3.63) is 59.9 Å². The molecule has 124 valence electrons. The first-order valence-corrected chi connectivity index (χ1v) is 9.15. The molecule has 0 N–H and O–H groups in total. The summed E-state index contributed by atoms with van der Waals surface area (Å²) in [6, 6.07) is 10.6. The Bertz CT molecular complexity index is 555. The van der Waals surface area contributed by atoms with E-state index in [9.17, 15) is 0 Å². The average molecular weight is 310 g/mol. The van der Waals surface area contributed by atoms with Crippen LogP contribution in [0.5, 0.6) is 0 Å². The number of hydrogen-bond acceptors (Lipinski definition) is 1. The Kier molecular flexibility index (Phi) is 5.25. The molecule has 2 bridgehead atoms. The van der Waals surface area contributed by atoms with Crippen molar-refractivity contribution < 1.29 is 4.74 Å². The summed E-state index contributed by atoms with van der Waals surface area (Å²) < 4.78 is 5.76. The monoisotopic (exact) mass is 310 g/mol. The predicted molar refractivity (Wildman–Crippen MR) is 97.0 cm³/mol. The van der Waals surface area contributed by atoms with Crippen LogP contribution in [-0.2, 0) is 11.2 Å². The highest BCUT2D eigenvalue weighted by atomic mass is 16.5. The van der Waals surface area contributed by atoms with Crippen molar-refractivity contribution in [1.29, 1.82) is 0 Å². The van der Waals surface area contributed by atoms with E-state index in [1.807, 2.05) is 6.26 Å². The maximum atomic E-state index is 5.76. The van der Waals surface area contributed by atoms with Crippen molar-refractivity contribution >= 4 is 0 Å². The summed E-state index contributed by atoms with van der Waals surface area (Å²) >= 11 is 0. The van der Waals surface area contributed by atoms with E-state index < -0.39 is 0 Å². The van der Waals surface area contributed by atoms with Gasteiger partial charge in [0.05, 0.1) is 12.9 Å². The molecule has 0 heterocycles. The lowest BCUT2D eigenvalue weighted by molar-refractivity contribution is 0.125. The minimum absolute atomic E-state index is 0.678. The van der Waals surface area contributed by atoms with Crippen molar-refractivity contribution in [2.45, 2.75) is 40.0 Å². The predicted octanol–water partition coefficient (Wildman–Crippen LogP) is 5.63. The fourth-order valence-corrected chi connectivity index (χ4v) is 4.50. The average Bonchev–Trinajstić information content (AvgIpc) is 2.55. The Labute approximate surface area is 141 Å². The Morgan fingerprint density at radius 2 is 1.96 bits per heavy atom. The molecule has 1 saturated carbocycles. The van der Waals surface area contributed by atoms with Crippen molar-refractivity contribution in [3.63, 3.8) is 0 Å². The fraction of sp³-hybridized carbons (Fsp3) is 0.545. The van der Waals surface area contributed by atoms with E-state index in [1.54, 1.807) is 5.57 Å². The van der Waals surface area contributed by atoms with Gasteiger partial charge in [-0.3, -0.25) is 0 Å². The second-order valence-electron chi connectivity index (χ2n) is 7.66. The quantitative estimate of drug-likeness (QED) is 0.376. The Balaban J connectivity index is 1.49. The molecular formula is C22H30O. The molecule has 23 heavy (non-hydrogen) atoms. The number of hydrogen-bond donors (Lipinski definition) is 0. The van der Waals surface area contributed by atoms with Gasteiger partial charge in [-0.05, 0) is 61.0 Å². The van der Waals surface area contributed by atoms with E-state index in [2.05, 4.69) is 63.3 Å². The third kappa shape index (κ3) is 3.88. The zero-order valence-electron chi connectivity index (χ0n) is 14.7. The van der Waals surface area contributed by atoms with Crippen LogP contribution in [-0.4, -0.2) is 6.61 Å². The molecule has 4 unspecified atom stereocenters. The van der Waals surface area contributed by atoms with Gasteiger partial charge in [-0.15, -0.1) is 0 Å². The minimum atomic E-state index is 0.678. The molecule has 1 aromatic carbocycles. The Morgan fingerprint density at radius 3 is 2.65 bits per heavy atom. The molecule has 4 atom stereocenters. The molecule has 0 aliphatic heterocycles. The SMILES string of the molecule is CC1=CC2CC(C=COCCc3ccccc3)C1CC2C(C)C. The number of fused-ring (bicyclic) bond motifs is 2. The van der Waals surface area contributed by atoms with E-state index in [0.29, 0.717) is 5.92 Å². The lowest BCUT2D eigenvalue weighted by Gasteiger charge is -2.46. The van der Waals surface area contributed by atoms with Gasteiger partial charge in [0.25, 0.3) is 0 Å². The van der Waals surface area contributed by atoms with Crippen LogP contribution in [0.4, 0.5) is 0 Å². The summed E-state index contributed by atoms with van der Waals surface area (Å²) in [7, 11) is 0. The van der Waals surface area contributed by atoms with Crippen LogP contribution < -0.4 is 0 Å². The van der Waals surface area contributed by atoms with Crippen molar-refractivity contribution in [3.8, 4) is 0 Å². The smallest absolute Gasteiger partial charge is 0.0913 e. The molecule has 3 aliphatic carbocycles. The number of rotatable bonds is 6. The summed E-state index contributed by atoms with van der Waals surface area (Å²) in [5, 5.41) is 0. The topological polar surface area (TPSA) is 9.23 Å². The highest BCUT2D eigenvalue weighted by Crippen LogP contribution is 2.50. The van der Waals surface area contributed by atoms with Gasteiger partial charge in [0, 0.05) is 6.42 Å². The molecule has 0 spiro atoms. The zero-order valence-corrected chi connectivity index (χ0v) is 14.7. The first-order chi connectivity index (χ1) is 11.1. The maximum Gasteiger partial charge on any atom is 0.0913 e. The second kappa shape index (κ2) is 7.38. The summed E-state index contributed by atoms with van der Waals surface area (Å²) in [5.74, 6) is 3.88. The molecule has 0 saturated heterocycles. The summed E-state index contributed by atoms with van der Waals surface area (Å²) in [5.41, 5.74) is 2.95. The van der Waals surface area contributed by atoms with Crippen molar-refractivity contribution in [1.82, 2.24) is 0 Å². The van der Waals surface area contributed by atoms with Crippen LogP contribution in [0.1, 0.15) is 39.2 Å². The Hall–Kier alpha value is -1.50. The lowest BCUT2D eigenvalue weighted by Crippen LogP contribution is -2.37. The summed E-state index contributed by atoms with van der Waals surface area (Å²) in [6.07, 6.45) is 10.5. The van der Waals surface area contributed by atoms with Gasteiger partial charge in [-0.25, -0.2) is 0 Å². The zero-order chi connectivity index (χ0) is 16.2. The van der Waals surface area contributed by atoms with Crippen LogP contribution in [0, 0.1) is 29.6 Å². The molecule has 3 aliphatic rings. The van der Waals surface area contributed by atoms with Gasteiger partial charge >= 0.3 is 0 Å². The molecule has 1 nitrogen and oxygen atoms in total. The standard InChI is InChI=1S/C22H30O/c1-16(2)21-15-22-17(3)13-20(21)14-19(22)10-12-23-11-9-18-7-5-4-6-8-18/h4-8,10,12-13,16,19-22H,9,11,14-15H2,1-3H3. The van der Waals surface area contributed by atoms with Crippen LogP contribution >= 0.6 is 0 Å². The van der Waals surface area contributed by atoms with Crippen molar-refractivity contribution in [2.75, 3.05) is 6.61 Å². The summed E-state index contributed by atoms with van der Waals surface area (Å²) in [6.45, 7) is 7.85. The van der Waals surface area contributed by atoms with Crippen LogP contribution in [0.15, 0.2) is 54.3 Å². The molecule has 0 radical (unpaired) electrons. The maximum absolute atomic E-state index is 5.76. The van der Waals surface area contributed by atoms with Gasteiger partial charge in [-0.2, -0.15) is 0 Å². The molecular weight excluding hydrogens is 280 g/mol. The first kappa shape index (κ1) is 16.4. The van der Waals surface area contributed by atoms with E-state index >= 15 is 0 Å². The highest BCUT2D eigenvalue weighted by Gasteiger charge is 2.40. The second-order valence-corrected chi connectivity index (χ2v) is 7.66. The third-order valence-corrected chi connectivity index (χ3v) is 5.83. The van der Waals surface area contributed by atoms with Crippen molar-refractivity contribution in [2.24, 2.45) is 29.6 Å². The normalized spacial score (nSPS) is 30.0. The van der Waals surface area contributed by atoms with Gasteiger partial charge in [0.2, 0.25) is 0 Å². The Morgan fingerprint density at radius 1 is 1.17 bits per heavy atom. The van der Waals surface area contributed by atoms with E-state index in [1.165, 1.54) is 18.4 Å². The van der Waals surface area contributed by atoms with Gasteiger partial charge in [-0.1, -0.05) is 55.8 Å². The number of allylic oxidation sites excluding steroid dienone is 3. The number of benzene rings is 1. The minimum Gasteiger partial charge on any atom is -0.501 e. The van der Waals surface area contributed by atoms with Gasteiger partial charge in [0.1, 0.15) is 0 Å². The van der Waals surface area contributed by atoms with E-state index in [-0.39, 0.29) is 0 Å². The molecule has 0 amide bonds. The third-order valence-electron chi connectivity index (χ3n) is 5.83. The highest BCUT2D eigenvalue weighted by molar-refractivity contribution is 5.20. The first-order valence-electron chi connectivity index (χ1n) is 9.15.